The van der Waals surface area contributed by atoms with Crippen LogP contribution in [0.25, 0.3) is 0 Å². The van der Waals surface area contributed by atoms with Crippen molar-refractivity contribution in [3.63, 3.8) is 0 Å². The van der Waals surface area contributed by atoms with E-state index in [1.165, 1.54) is 4.90 Å². The maximum Gasteiger partial charge on any atom is 0.262 e. The van der Waals surface area contributed by atoms with Gasteiger partial charge in [0.25, 0.3) is 5.91 Å². The largest absolute Gasteiger partial charge is 0.477 e. The van der Waals surface area contributed by atoms with Gasteiger partial charge < -0.3 is 25.2 Å². The maximum absolute atomic E-state index is 12.0. The molecule has 0 saturated carbocycles. The quantitative estimate of drug-likeness (QED) is 0.495. The topological polar surface area (TPSA) is 58.0 Å². The van der Waals surface area contributed by atoms with Crippen LogP contribution in [0.5, 0.6) is 5.75 Å². The van der Waals surface area contributed by atoms with Crippen molar-refractivity contribution in [2.75, 3.05) is 45.7 Å². The fourth-order valence-electron chi connectivity index (χ4n) is 2.46. The van der Waals surface area contributed by atoms with E-state index in [4.69, 9.17) is 17.0 Å². The zero-order valence-corrected chi connectivity index (χ0v) is 14.7. The van der Waals surface area contributed by atoms with E-state index < -0.39 is 6.10 Å². The fraction of sp³-hybridized carbons (Fsp3) is 0.500. The Morgan fingerprint density at radius 1 is 1.43 bits per heavy atom. The van der Waals surface area contributed by atoms with E-state index in [2.05, 4.69) is 24.7 Å². The van der Waals surface area contributed by atoms with Gasteiger partial charge in [0.15, 0.2) is 11.2 Å². The van der Waals surface area contributed by atoms with Gasteiger partial charge in [-0.1, -0.05) is 12.1 Å². The third-order valence-electron chi connectivity index (χ3n) is 3.69. The van der Waals surface area contributed by atoms with Crippen LogP contribution in [-0.2, 0) is 4.79 Å². The summed E-state index contributed by atoms with van der Waals surface area (Å²) in [6, 6.07) is 7.63. The van der Waals surface area contributed by atoms with Crippen molar-refractivity contribution in [2.45, 2.75) is 12.5 Å². The van der Waals surface area contributed by atoms with E-state index in [-0.39, 0.29) is 5.91 Å². The second-order valence-corrected chi connectivity index (χ2v) is 6.23. The lowest BCUT2D eigenvalue weighted by Gasteiger charge is -2.35. The third-order valence-corrected chi connectivity index (χ3v) is 4.05. The Hall–Kier alpha value is -1.86. The molecule has 6 nitrogen and oxygen atoms in total. The molecule has 0 bridgehead atoms. The first-order valence-corrected chi connectivity index (χ1v) is 8.25. The Balaban J connectivity index is 2.06. The Labute approximate surface area is 142 Å². The van der Waals surface area contributed by atoms with Crippen molar-refractivity contribution < 1.29 is 14.4 Å². The van der Waals surface area contributed by atoms with E-state index in [0.717, 1.165) is 25.2 Å². The highest BCUT2D eigenvalue weighted by Crippen LogP contribution is 2.33. The minimum absolute atomic E-state index is 0.150. The number of anilines is 1. The van der Waals surface area contributed by atoms with Gasteiger partial charge in [-0.15, -0.1) is 0 Å². The number of hydrogen-bond donors (Lipinski definition) is 3. The third kappa shape index (κ3) is 4.56. The summed E-state index contributed by atoms with van der Waals surface area (Å²) >= 11 is 5.53. The van der Waals surface area contributed by atoms with Gasteiger partial charge in [-0.25, -0.2) is 0 Å². The molecule has 0 aromatic heterocycles. The van der Waals surface area contributed by atoms with Gasteiger partial charge in [-0.2, -0.15) is 0 Å². The zero-order valence-electron chi connectivity index (χ0n) is 13.9. The highest BCUT2D eigenvalue weighted by Gasteiger charge is 2.31. The molecule has 1 aliphatic heterocycles. The summed E-state index contributed by atoms with van der Waals surface area (Å²) < 4.78 is 5.78. The van der Waals surface area contributed by atoms with Gasteiger partial charge in [0, 0.05) is 20.0 Å². The number of hydrogen-bond acceptors (Lipinski definition) is 3. The van der Waals surface area contributed by atoms with Gasteiger partial charge in [0.1, 0.15) is 5.75 Å². The maximum atomic E-state index is 12.0. The molecule has 7 heteroatoms. The van der Waals surface area contributed by atoms with Crippen LogP contribution in [0.3, 0.4) is 0 Å². The lowest BCUT2D eigenvalue weighted by Crippen LogP contribution is -3.05. The number of thiocarbonyl (C=S) groups is 1. The number of nitrogens with zero attached hydrogens (tertiary/aromatic N) is 1. The van der Waals surface area contributed by atoms with Gasteiger partial charge in [0.2, 0.25) is 0 Å². The highest BCUT2D eigenvalue weighted by atomic mass is 32.1. The molecule has 1 heterocycles. The van der Waals surface area contributed by atoms with Crippen molar-refractivity contribution in [2.24, 2.45) is 0 Å². The number of quaternary nitrogens is 1. The van der Waals surface area contributed by atoms with Crippen LogP contribution in [0.4, 0.5) is 5.69 Å². The number of likely N-dealkylation sites (N-methyl/N-ethyl adjacent to an activating group) is 1. The summed E-state index contributed by atoms with van der Waals surface area (Å²) in [4.78, 5) is 15.3. The first-order chi connectivity index (χ1) is 11.0. The molecule has 3 N–H and O–H groups in total. The number of rotatable bonds is 5. The number of fused-ring (bicyclic) bond motifs is 1. The molecule has 0 saturated heterocycles. The predicted octanol–water partition coefficient (Wildman–Crippen LogP) is -0.591. The monoisotopic (exact) mass is 337 g/mol. The minimum Gasteiger partial charge on any atom is -0.477 e. The second-order valence-electron chi connectivity index (χ2n) is 5.84. The number of ether oxygens (including phenoxy) is 1. The lowest BCUT2D eigenvalue weighted by atomic mass is 10.2. The lowest BCUT2D eigenvalue weighted by molar-refractivity contribution is -0.858. The average molecular weight is 337 g/mol. The average Bonchev–Trinajstić information content (AvgIpc) is 2.56. The number of nitrogens with one attached hydrogen (secondary N) is 3. The molecule has 0 radical (unpaired) electrons. The van der Waals surface area contributed by atoms with E-state index in [1.54, 1.807) is 7.05 Å². The highest BCUT2D eigenvalue weighted by molar-refractivity contribution is 7.80. The first-order valence-electron chi connectivity index (χ1n) is 7.84. The van der Waals surface area contributed by atoms with E-state index in [0.29, 0.717) is 17.4 Å². The van der Waals surface area contributed by atoms with Crippen molar-refractivity contribution in [1.29, 1.82) is 0 Å². The van der Waals surface area contributed by atoms with Gasteiger partial charge in [0.05, 0.1) is 32.9 Å². The molecule has 1 aromatic rings. The molecule has 1 aromatic carbocycles. The normalized spacial score (nSPS) is 16.5. The van der Waals surface area contributed by atoms with Crippen molar-refractivity contribution in [3.8, 4) is 5.75 Å². The molecule has 126 valence electrons. The summed E-state index contributed by atoms with van der Waals surface area (Å²) in [6.07, 6.45) is 0.466. The summed E-state index contributed by atoms with van der Waals surface area (Å²) in [6.45, 7) is 2.30. The molecular formula is C16H25N4O2S+. The Morgan fingerprint density at radius 3 is 2.87 bits per heavy atom. The van der Waals surface area contributed by atoms with Crippen molar-refractivity contribution >= 4 is 28.9 Å². The standard InChI is InChI=1S/C16H24N4O2S/c1-17-15(21)14-11-20(12-7-4-5-8-13(12)22-14)16(23)18-9-6-10-19(2)3/h4-5,7-8,14H,6,9-11H2,1-3H3,(H,17,21)(H,18,23)/p+1/t14-/m1/s1. The minimum atomic E-state index is -0.569. The SMILES string of the molecule is CNC(=O)[C@H]1CN(C(=S)NCCC[NH+](C)C)c2ccccc2O1. The Kier molecular flexibility index (Phi) is 6.18. The van der Waals surface area contributed by atoms with Gasteiger partial charge >= 0.3 is 0 Å². The number of para-hydroxylation sites is 2. The first kappa shape index (κ1) is 17.5. The molecule has 2 rings (SSSR count). The molecule has 1 aliphatic rings. The smallest absolute Gasteiger partial charge is 0.262 e. The van der Waals surface area contributed by atoms with Crippen LogP contribution < -0.4 is 25.2 Å². The van der Waals surface area contributed by atoms with Crippen LogP contribution in [0.2, 0.25) is 0 Å². The number of amides is 1. The van der Waals surface area contributed by atoms with E-state index >= 15 is 0 Å². The van der Waals surface area contributed by atoms with Crippen LogP contribution >= 0.6 is 12.2 Å². The Bertz CT molecular complexity index is 565. The summed E-state index contributed by atoms with van der Waals surface area (Å²) in [7, 11) is 5.87. The second kappa shape index (κ2) is 8.12. The van der Waals surface area contributed by atoms with Crippen molar-refractivity contribution in [1.82, 2.24) is 10.6 Å². The van der Waals surface area contributed by atoms with E-state index in [1.807, 2.05) is 29.2 Å². The van der Waals surface area contributed by atoms with Crippen LogP contribution in [0.15, 0.2) is 24.3 Å². The van der Waals surface area contributed by atoms with Gasteiger partial charge in [-0.3, -0.25) is 4.79 Å². The van der Waals surface area contributed by atoms with Crippen LogP contribution in [0.1, 0.15) is 6.42 Å². The summed E-state index contributed by atoms with van der Waals surface area (Å²) in [5.41, 5.74) is 0.892. The number of carbonyl (C=O) groups is 1. The summed E-state index contributed by atoms with van der Waals surface area (Å²) in [5, 5.41) is 6.54. The van der Waals surface area contributed by atoms with Crippen LogP contribution in [0, 0.1) is 0 Å². The van der Waals surface area contributed by atoms with Gasteiger partial charge in [-0.05, 0) is 24.4 Å². The molecule has 0 spiro atoms. The molecule has 0 unspecified atom stereocenters. The molecule has 23 heavy (non-hydrogen) atoms. The Morgan fingerprint density at radius 2 is 2.17 bits per heavy atom. The molecule has 1 amide bonds. The van der Waals surface area contributed by atoms with Crippen LogP contribution in [-0.4, -0.2) is 57.9 Å². The van der Waals surface area contributed by atoms with E-state index in [9.17, 15) is 4.79 Å². The number of carbonyl (C=O) groups excluding carboxylic acids is 1. The molecule has 0 aliphatic carbocycles. The fourth-order valence-corrected chi connectivity index (χ4v) is 2.73. The predicted molar refractivity (Wildman–Crippen MR) is 95.2 cm³/mol. The molecule has 1 atom stereocenters. The summed E-state index contributed by atoms with van der Waals surface area (Å²) in [5.74, 6) is 0.526. The zero-order chi connectivity index (χ0) is 16.8. The number of benzene rings is 1. The molecular weight excluding hydrogens is 312 g/mol. The molecule has 0 fully saturated rings. The van der Waals surface area contributed by atoms with Crippen molar-refractivity contribution in [3.05, 3.63) is 24.3 Å².